The topological polar surface area (TPSA) is 59.8 Å². The van der Waals surface area contributed by atoms with Gasteiger partial charge in [0, 0.05) is 24.6 Å². The van der Waals surface area contributed by atoms with Crippen molar-refractivity contribution in [3.63, 3.8) is 0 Å². The van der Waals surface area contributed by atoms with Crippen LogP contribution in [0, 0.1) is 0 Å². The number of aromatic nitrogens is 3. The van der Waals surface area contributed by atoms with Crippen molar-refractivity contribution in [1.82, 2.24) is 14.5 Å². The fourth-order valence-electron chi connectivity index (χ4n) is 2.50. The predicted molar refractivity (Wildman–Crippen MR) is 125 cm³/mol. The molecule has 0 aliphatic heterocycles. The molecule has 28 heavy (non-hydrogen) atoms. The highest BCUT2D eigenvalue weighted by Gasteiger charge is 2.14. The van der Waals surface area contributed by atoms with Crippen molar-refractivity contribution in [3.05, 3.63) is 47.2 Å². The highest BCUT2D eigenvalue weighted by atomic mass is 32.1. The van der Waals surface area contributed by atoms with Gasteiger partial charge in [-0.1, -0.05) is 45.9 Å². The van der Waals surface area contributed by atoms with Gasteiger partial charge in [0.15, 0.2) is 0 Å². The first-order valence-corrected chi connectivity index (χ1v) is 10.8. The Balaban J connectivity index is 0.000000422. The van der Waals surface area contributed by atoms with E-state index in [1.54, 1.807) is 18.7 Å². The van der Waals surface area contributed by atoms with Crippen LogP contribution in [0.2, 0.25) is 0 Å². The lowest BCUT2D eigenvalue weighted by atomic mass is 10.2. The third-order valence-electron chi connectivity index (χ3n) is 3.62. The Bertz CT molecular complexity index is 964. The molecule has 0 radical (unpaired) electrons. The third-order valence-corrected chi connectivity index (χ3v) is 4.70. The van der Waals surface area contributed by atoms with Crippen molar-refractivity contribution < 1.29 is 0 Å². The molecule has 0 atom stereocenters. The number of nitrogens with one attached hydrogen (secondary N) is 1. The maximum absolute atomic E-state index is 12.4. The van der Waals surface area contributed by atoms with E-state index in [-0.39, 0.29) is 5.56 Å². The molecule has 3 rings (SSSR count). The van der Waals surface area contributed by atoms with Crippen LogP contribution in [0.4, 0.5) is 5.69 Å². The Morgan fingerprint density at radius 2 is 1.82 bits per heavy atom. The number of fused-ring (bicyclic) bond motifs is 3. The van der Waals surface area contributed by atoms with E-state index < -0.39 is 0 Å². The molecule has 152 valence electrons. The summed E-state index contributed by atoms with van der Waals surface area (Å²) in [5, 5.41) is 4.22. The standard InChI is InChI=1S/C14H14N4OS.C6H12.C2H6/c1-3-7-18-8-17-11-10-9(15-4-2)5-6-16-13(10)20-12(11)14(18)19;1-3-5-6-4-2;1-2/h3,5-8H,4H2,1-2H3,(H,15,16);5-6H,3-4H2,1-2H3;1-2H3/b7-3+;6-5-;. The van der Waals surface area contributed by atoms with Gasteiger partial charge in [0.25, 0.3) is 5.56 Å². The van der Waals surface area contributed by atoms with Gasteiger partial charge in [-0.2, -0.15) is 0 Å². The van der Waals surface area contributed by atoms with Crippen molar-refractivity contribution in [2.24, 2.45) is 0 Å². The zero-order valence-electron chi connectivity index (χ0n) is 17.8. The number of pyridine rings is 1. The van der Waals surface area contributed by atoms with Crippen LogP contribution in [-0.2, 0) is 0 Å². The molecule has 6 heteroatoms. The minimum absolute atomic E-state index is 0.0569. The number of nitrogens with zero attached hydrogens (tertiary/aromatic N) is 3. The number of hydrogen-bond donors (Lipinski definition) is 1. The van der Waals surface area contributed by atoms with Gasteiger partial charge in [0.1, 0.15) is 15.9 Å². The van der Waals surface area contributed by atoms with Crippen LogP contribution < -0.4 is 10.9 Å². The van der Waals surface area contributed by atoms with E-state index in [4.69, 9.17) is 0 Å². The van der Waals surface area contributed by atoms with Crippen LogP contribution in [-0.4, -0.2) is 21.1 Å². The van der Waals surface area contributed by atoms with E-state index in [0.717, 1.165) is 28.0 Å². The number of hydrogen-bond acceptors (Lipinski definition) is 5. The lowest BCUT2D eigenvalue weighted by molar-refractivity contribution is 1.03. The Kier molecular flexibility index (Phi) is 10.8. The molecular weight excluding hydrogens is 368 g/mol. The third kappa shape index (κ3) is 5.76. The van der Waals surface area contributed by atoms with Crippen molar-refractivity contribution >= 4 is 43.7 Å². The SMILES string of the molecule is C/C=C/n1cnc2c(sc3nccc(NCC)c32)c1=O.CC.CC/C=C\CC. The van der Waals surface area contributed by atoms with Gasteiger partial charge < -0.3 is 5.32 Å². The smallest absolute Gasteiger partial charge is 0.275 e. The van der Waals surface area contributed by atoms with Crippen LogP contribution >= 0.6 is 11.3 Å². The van der Waals surface area contributed by atoms with Gasteiger partial charge in [0.05, 0.1) is 10.9 Å². The number of allylic oxidation sites excluding steroid dienone is 3. The molecule has 3 heterocycles. The molecule has 3 aromatic heterocycles. The second-order valence-corrected chi connectivity index (χ2v) is 6.58. The summed E-state index contributed by atoms with van der Waals surface area (Å²) in [5.74, 6) is 0. The van der Waals surface area contributed by atoms with Gasteiger partial charge in [-0.05, 0) is 32.8 Å². The maximum Gasteiger partial charge on any atom is 0.275 e. The summed E-state index contributed by atoms with van der Waals surface area (Å²) < 4.78 is 2.13. The monoisotopic (exact) mass is 400 g/mol. The molecule has 1 N–H and O–H groups in total. The van der Waals surface area contributed by atoms with Crippen molar-refractivity contribution in [2.75, 3.05) is 11.9 Å². The Morgan fingerprint density at radius 1 is 1.14 bits per heavy atom. The first-order valence-electron chi connectivity index (χ1n) is 9.97. The zero-order chi connectivity index (χ0) is 20.9. The minimum atomic E-state index is -0.0569. The first kappa shape index (κ1) is 23.6. The van der Waals surface area contributed by atoms with Crippen LogP contribution in [0.15, 0.2) is 41.6 Å². The summed E-state index contributed by atoms with van der Waals surface area (Å²) in [6, 6.07) is 1.91. The lowest BCUT2D eigenvalue weighted by Crippen LogP contribution is -2.14. The van der Waals surface area contributed by atoms with E-state index in [1.165, 1.54) is 28.7 Å². The van der Waals surface area contributed by atoms with Gasteiger partial charge in [-0.15, -0.1) is 11.3 Å². The summed E-state index contributed by atoms with van der Waals surface area (Å²) in [6.45, 7) is 13.0. The van der Waals surface area contributed by atoms with Crippen molar-refractivity contribution in [2.45, 2.75) is 54.4 Å². The van der Waals surface area contributed by atoms with E-state index >= 15 is 0 Å². The summed E-state index contributed by atoms with van der Waals surface area (Å²) in [7, 11) is 0. The number of thiophene rings is 1. The maximum atomic E-state index is 12.4. The second kappa shape index (κ2) is 12.8. The average Bonchev–Trinajstić information content (AvgIpc) is 3.11. The van der Waals surface area contributed by atoms with E-state index in [9.17, 15) is 4.79 Å². The average molecular weight is 401 g/mol. The Morgan fingerprint density at radius 3 is 2.39 bits per heavy atom. The first-order chi connectivity index (χ1) is 13.7. The zero-order valence-corrected chi connectivity index (χ0v) is 18.6. The molecule has 3 aromatic rings. The highest BCUT2D eigenvalue weighted by molar-refractivity contribution is 7.25. The summed E-state index contributed by atoms with van der Waals surface area (Å²) >= 11 is 1.39. The molecule has 0 aliphatic carbocycles. The van der Waals surface area contributed by atoms with Crippen molar-refractivity contribution in [1.29, 1.82) is 0 Å². The van der Waals surface area contributed by atoms with Crippen LogP contribution in [0.1, 0.15) is 54.4 Å². The fourth-order valence-corrected chi connectivity index (χ4v) is 3.56. The van der Waals surface area contributed by atoms with Crippen LogP contribution in [0.3, 0.4) is 0 Å². The molecule has 0 amide bonds. The molecule has 0 aromatic carbocycles. The highest BCUT2D eigenvalue weighted by Crippen LogP contribution is 2.33. The van der Waals surface area contributed by atoms with E-state index in [1.807, 2.05) is 39.8 Å². The molecule has 0 spiro atoms. The molecule has 0 saturated heterocycles. The fraction of sp³-hybridized carbons (Fsp3) is 0.409. The van der Waals surface area contributed by atoms with E-state index in [0.29, 0.717) is 4.70 Å². The molecule has 0 fully saturated rings. The van der Waals surface area contributed by atoms with Gasteiger partial charge in [-0.25, -0.2) is 9.97 Å². The molecule has 0 bridgehead atoms. The van der Waals surface area contributed by atoms with Crippen molar-refractivity contribution in [3.8, 4) is 0 Å². The molecule has 0 unspecified atom stereocenters. The molecule has 0 saturated carbocycles. The molecule has 0 aliphatic rings. The Labute approximate surface area is 171 Å². The Hall–Kier alpha value is -2.47. The quantitative estimate of drug-likeness (QED) is 0.509. The van der Waals surface area contributed by atoms with Gasteiger partial charge in [0.2, 0.25) is 0 Å². The number of rotatable bonds is 5. The number of anilines is 1. The van der Waals surface area contributed by atoms with Gasteiger partial charge >= 0.3 is 0 Å². The summed E-state index contributed by atoms with van der Waals surface area (Å²) in [4.78, 5) is 22.0. The molecule has 5 nitrogen and oxygen atoms in total. The normalized spacial score (nSPS) is 10.8. The minimum Gasteiger partial charge on any atom is -0.385 e. The molecular formula is C22H32N4OS. The van der Waals surface area contributed by atoms with Crippen LogP contribution in [0.5, 0.6) is 0 Å². The lowest BCUT2D eigenvalue weighted by Gasteiger charge is -2.04. The second-order valence-electron chi connectivity index (χ2n) is 5.58. The summed E-state index contributed by atoms with van der Waals surface area (Å²) in [6.07, 6.45) is 13.5. The largest absolute Gasteiger partial charge is 0.385 e. The van der Waals surface area contributed by atoms with Crippen LogP contribution in [0.25, 0.3) is 26.6 Å². The van der Waals surface area contributed by atoms with E-state index in [2.05, 4.69) is 41.3 Å². The predicted octanol–water partition coefficient (Wildman–Crippen LogP) is 6.32. The van der Waals surface area contributed by atoms with Gasteiger partial charge in [-0.3, -0.25) is 9.36 Å². The summed E-state index contributed by atoms with van der Waals surface area (Å²) in [5.41, 5.74) is 1.64.